The number of primary amides is 1. The highest BCUT2D eigenvalue weighted by atomic mass is 79.9. The van der Waals surface area contributed by atoms with Gasteiger partial charge in [-0.05, 0) is 46.3 Å². The van der Waals surface area contributed by atoms with E-state index in [1.54, 1.807) is 6.20 Å². The van der Waals surface area contributed by atoms with Gasteiger partial charge in [-0.3, -0.25) is 4.79 Å². The monoisotopic (exact) mass is 457 g/mol. The van der Waals surface area contributed by atoms with Crippen LogP contribution in [0.15, 0.2) is 47.1 Å². The molecule has 4 N–H and O–H groups in total. The Balaban J connectivity index is 1.58. The van der Waals surface area contributed by atoms with Gasteiger partial charge in [0, 0.05) is 17.8 Å². The molecule has 6 nitrogen and oxygen atoms in total. The van der Waals surface area contributed by atoms with Crippen molar-refractivity contribution in [3.63, 3.8) is 0 Å². The highest BCUT2D eigenvalue weighted by Crippen LogP contribution is 2.46. The number of benzene rings is 1. The Hall–Kier alpha value is -2.38. The SMILES string of the molecule is NC(=O)[C@@H]1[C@H](Nc2c(Br)cnc3nc(-c4ccccc4Cl)[nH]c23)[C@H]2C=C[C@@H]1C2. The van der Waals surface area contributed by atoms with Gasteiger partial charge in [-0.1, -0.05) is 35.9 Å². The summed E-state index contributed by atoms with van der Waals surface area (Å²) in [7, 11) is 0. The number of halogens is 2. The van der Waals surface area contributed by atoms with Crippen molar-refractivity contribution < 1.29 is 4.79 Å². The standard InChI is InChI=1S/C20H17BrClN5O/c21-12-8-24-20-17(26-19(27-20)11-3-1-2-4-13(11)22)16(12)25-15-10-6-5-9(7-10)14(15)18(23)28/h1-6,8-10,14-15H,7H2,(H2,23,28)(H2,24,25,26,27)/t9-,10+,14+,15-/m1/s1. The molecular weight excluding hydrogens is 442 g/mol. The molecule has 4 atom stereocenters. The summed E-state index contributed by atoms with van der Waals surface area (Å²) >= 11 is 9.91. The zero-order valence-electron chi connectivity index (χ0n) is 14.7. The molecule has 1 aromatic carbocycles. The Morgan fingerprint density at radius 3 is 2.86 bits per heavy atom. The van der Waals surface area contributed by atoms with Crippen LogP contribution in [0.25, 0.3) is 22.6 Å². The highest BCUT2D eigenvalue weighted by Gasteiger charge is 2.47. The molecule has 0 spiro atoms. The summed E-state index contributed by atoms with van der Waals surface area (Å²) in [4.78, 5) is 24.4. The van der Waals surface area contributed by atoms with Crippen LogP contribution in [0.4, 0.5) is 5.69 Å². The maximum absolute atomic E-state index is 12.1. The van der Waals surface area contributed by atoms with Crippen LogP contribution in [0.2, 0.25) is 5.02 Å². The maximum Gasteiger partial charge on any atom is 0.223 e. The molecule has 28 heavy (non-hydrogen) atoms. The predicted molar refractivity (Wildman–Crippen MR) is 113 cm³/mol. The lowest BCUT2D eigenvalue weighted by atomic mass is 9.88. The van der Waals surface area contributed by atoms with E-state index in [1.165, 1.54) is 0 Å². The average Bonchev–Trinajstić information content (AvgIpc) is 3.38. The second-order valence-corrected chi connectivity index (χ2v) is 8.55. The highest BCUT2D eigenvalue weighted by molar-refractivity contribution is 9.10. The van der Waals surface area contributed by atoms with Gasteiger partial charge in [0.05, 0.1) is 21.1 Å². The summed E-state index contributed by atoms with van der Waals surface area (Å²) in [6.45, 7) is 0. The third-order valence-corrected chi connectivity index (χ3v) is 6.63. The minimum atomic E-state index is -0.267. The van der Waals surface area contributed by atoms with Crippen molar-refractivity contribution in [3.05, 3.63) is 52.1 Å². The first-order chi connectivity index (χ1) is 13.5. The molecule has 0 saturated heterocycles. The Morgan fingerprint density at radius 1 is 1.29 bits per heavy atom. The predicted octanol–water partition coefficient (Wildman–Crippen LogP) is 4.13. The molecule has 142 valence electrons. The third kappa shape index (κ3) is 2.72. The quantitative estimate of drug-likeness (QED) is 0.512. The number of carbonyl (C=O) groups excluding carboxylic acids is 1. The molecule has 8 heteroatoms. The van der Waals surface area contributed by atoms with Crippen LogP contribution in [0, 0.1) is 17.8 Å². The Kier molecular flexibility index (Phi) is 4.17. The molecule has 2 heterocycles. The fourth-order valence-electron chi connectivity index (χ4n) is 4.43. The molecule has 5 rings (SSSR count). The van der Waals surface area contributed by atoms with Crippen LogP contribution in [0.3, 0.4) is 0 Å². The number of imidazole rings is 1. The first-order valence-electron chi connectivity index (χ1n) is 9.06. The number of H-pyrrole nitrogens is 1. The van der Waals surface area contributed by atoms with Crippen molar-refractivity contribution >= 4 is 50.3 Å². The first-order valence-corrected chi connectivity index (χ1v) is 10.2. The number of nitrogens with one attached hydrogen (secondary N) is 2. The summed E-state index contributed by atoms with van der Waals surface area (Å²) in [5.74, 6) is 0.641. The van der Waals surface area contributed by atoms with Gasteiger partial charge in [-0.15, -0.1) is 0 Å². The van der Waals surface area contributed by atoms with Gasteiger partial charge in [0.2, 0.25) is 5.91 Å². The van der Waals surface area contributed by atoms with Crippen molar-refractivity contribution in [3.8, 4) is 11.4 Å². The van der Waals surface area contributed by atoms with Crippen LogP contribution >= 0.6 is 27.5 Å². The van der Waals surface area contributed by atoms with E-state index in [9.17, 15) is 4.79 Å². The van der Waals surface area contributed by atoms with Crippen LogP contribution < -0.4 is 11.1 Å². The Morgan fingerprint density at radius 2 is 2.07 bits per heavy atom. The minimum Gasteiger partial charge on any atom is -0.378 e. The lowest BCUT2D eigenvalue weighted by molar-refractivity contribution is -0.122. The van der Waals surface area contributed by atoms with E-state index in [4.69, 9.17) is 17.3 Å². The van der Waals surface area contributed by atoms with E-state index in [1.807, 2.05) is 24.3 Å². The van der Waals surface area contributed by atoms with Gasteiger partial charge in [-0.25, -0.2) is 9.97 Å². The van der Waals surface area contributed by atoms with Crippen molar-refractivity contribution in [2.45, 2.75) is 12.5 Å². The lowest BCUT2D eigenvalue weighted by Crippen LogP contribution is -2.41. The molecule has 2 aromatic heterocycles. The summed E-state index contributed by atoms with van der Waals surface area (Å²) in [6.07, 6.45) is 6.95. The smallest absolute Gasteiger partial charge is 0.223 e. The van der Waals surface area contributed by atoms with Gasteiger partial charge < -0.3 is 16.0 Å². The first kappa shape index (κ1) is 17.7. The number of carbonyl (C=O) groups is 1. The van der Waals surface area contributed by atoms with Crippen LogP contribution in [0.5, 0.6) is 0 Å². The molecule has 2 bridgehead atoms. The number of allylic oxidation sites excluding steroid dienone is 1. The second kappa shape index (κ2) is 6.60. The van der Waals surface area contributed by atoms with Crippen LogP contribution in [-0.2, 0) is 4.79 Å². The number of anilines is 1. The molecule has 0 unspecified atom stereocenters. The zero-order valence-corrected chi connectivity index (χ0v) is 17.0. The minimum absolute atomic E-state index is 0.0542. The topological polar surface area (TPSA) is 96.7 Å². The number of aromatic nitrogens is 3. The molecule has 2 aliphatic carbocycles. The van der Waals surface area contributed by atoms with Gasteiger partial charge in [0.1, 0.15) is 11.3 Å². The fraction of sp³-hybridized carbons (Fsp3) is 0.250. The Bertz CT molecular complexity index is 1130. The normalized spacial score (nSPS) is 25.5. The molecular formula is C20H17BrClN5O. The Labute approximate surface area is 174 Å². The van der Waals surface area contributed by atoms with E-state index in [0.717, 1.165) is 27.7 Å². The van der Waals surface area contributed by atoms with E-state index in [2.05, 4.69) is 48.4 Å². The van der Waals surface area contributed by atoms with Gasteiger partial charge in [-0.2, -0.15) is 0 Å². The van der Waals surface area contributed by atoms with Gasteiger partial charge in [0.25, 0.3) is 0 Å². The molecule has 0 aliphatic heterocycles. The van der Waals surface area contributed by atoms with E-state index in [-0.39, 0.29) is 29.7 Å². The largest absolute Gasteiger partial charge is 0.378 e. The summed E-state index contributed by atoms with van der Waals surface area (Å²) in [6, 6.07) is 7.47. The summed E-state index contributed by atoms with van der Waals surface area (Å²) in [5.41, 5.74) is 8.68. The summed E-state index contributed by atoms with van der Waals surface area (Å²) in [5, 5.41) is 4.16. The lowest BCUT2D eigenvalue weighted by Gasteiger charge is -2.28. The van der Waals surface area contributed by atoms with Crippen molar-refractivity contribution in [2.24, 2.45) is 23.5 Å². The number of pyridine rings is 1. The number of nitrogens with two attached hydrogens (primary N) is 1. The van der Waals surface area contributed by atoms with Crippen molar-refractivity contribution in [2.75, 3.05) is 5.32 Å². The molecule has 1 amide bonds. The molecule has 3 aromatic rings. The van der Waals surface area contributed by atoms with Crippen LogP contribution in [0.1, 0.15) is 6.42 Å². The maximum atomic E-state index is 12.1. The second-order valence-electron chi connectivity index (χ2n) is 7.29. The van der Waals surface area contributed by atoms with Crippen molar-refractivity contribution in [1.82, 2.24) is 15.0 Å². The molecule has 1 saturated carbocycles. The third-order valence-electron chi connectivity index (χ3n) is 5.70. The van der Waals surface area contributed by atoms with E-state index < -0.39 is 0 Å². The fourth-order valence-corrected chi connectivity index (χ4v) is 5.07. The van der Waals surface area contributed by atoms with E-state index >= 15 is 0 Å². The number of nitrogens with zero attached hydrogens (tertiary/aromatic N) is 2. The zero-order chi connectivity index (χ0) is 19.4. The number of aromatic amines is 1. The number of fused-ring (bicyclic) bond motifs is 3. The molecule has 1 fully saturated rings. The molecule has 0 radical (unpaired) electrons. The van der Waals surface area contributed by atoms with Gasteiger partial charge in [0.15, 0.2) is 5.65 Å². The van der Waals surface area contributed by atoms with Gasteiger partial charge >= 0.3 is 0 Å². The molecule has 2 aliphatic rings. The number of amides is 1. The number of hydrogen-bond donors (Lipinski definition) is 3. The van der Waals surface area contributed by atoms with Crippen molar-refractivity contribution in [1.29, 1.82) is 0 Å². The van der Waals surface area contributed by atoms with E-state index in [0.29, 0.717) is 16.5 Å². The number of hydrogen-bond acceptors (Lipinski definition) is 4. The average molecular weight is 459 g/mol. The summed E-state index contributed by atoms with van der Waals surface area (Å²) < 4.78 is 0.796. The number of rotatable bonds is 4. The van der Waals surface area contributed by atoms with Crippen LogP contribution in [-0.4, -0.2) is 26.9 Å².